The van der Waals surface area contributed by atoms with Crippen LogP contribution in [0.1, 0.15) is 81.6 Å². The molecule has 0 aromatic heterocycles. The fourth-order valence-corrected chi connectivity index (χ4v) is 13.4. The van der Waals surface area contributed by atoms with Crippen LogP contribution in [0.3, 0.4) is 0 Å². The Bertz CT molecular complexity index is 657. The lowest BCUT2D eigenvalue weighted by atomic mass is 9.71. The maximum Gasteiger partial charge on any atom is 0.192 e. The second-order valence-electron chi connectivity index (χ2n) is 11.5. The quantitative estimate of drug-likeness (QED) is 0.222. The largest absolute Gasteiger partial charge is 0.411 e. The normalized spacial score (nSPS) is 39.3. The SMILES string of the molecule is C=C(C)[C@]12C[C@@H](O[Si](CC)(CC)CC)[C@](C)(O1)[C@@H]1CC[C@@H](C)[C@H]1[C@H]2O[Si](CC)(CC)CC. The van der Waals surface area contributed by atoms with Crippen LogP contribution in [0.25, 0.3) is 0 Å². The molecule has 0 radical (unpaired) electrons. The van der Waals surface area contributed by atoms with Gasteiger partial charge < -0.3 is 13.6 Å². The summed E-state index contributed by atoms with van der Waals surface area (Å²) in [7, 11) is -3.54. The fraction of sp³-hybridized carbons (Fsp3) is 0.926. The first-order chi connectivity index (χ1) is 15.1. The zero-order valence-corrected chi connectivity index (χ0v) is 24.7. The van der Waals surface area contributed by atoms with E-state index in [1.165, 1.54) is 49.1 Å². The van der Waals surface area contributed by atoms with Gasteiger partial charge in [-0.15, -0.1) is 0 Å². The Kier molecular flexibility index (Phi) is 8.00. The van der Waals surface area contributed by atoms with Crippen LogP contribution >= 0.6 is 0 Å². The van der Waals surface area contributed by atoms with E-state index < -0.39 is 22.2 Å². The van der Waals surface area contributed by atoms with Crippen LogP contribution in [0.4, 0.5) is 0 Å². The van der Waals surface area contributed by atoms with Crippen LogP contribution in [0, 0.1) is 17.8 Å². The molecule has 5 heteroatoms. The number of hydrogen-bond donors (Lipinski definition) is 0. The minimum absolute atomic E-state index is 0.136. The van der Waals surface area contributed by atoms with Gasteiger partial charge in [-0.1, -0.05) is 55.0 Å². The molecule has 0 N–H and O–H groups in total. The third kappa shape index (κ3) is 3.96. The van der Waals surface area contributed by atoms with E-state index in [-0.39, 0.29) is 17.8 Å². The van der Waals surface area contributed by atoms with Crippen molar-refractivity contribution in [2.75, 3.05) is 0 Å². The van der Waals surface area contributed by atoms with Crippen molar-refractivity contribution in [2.24, 2.45) is 17.8 Å². The third-order valence-corrected chi connectivity index (χ3v) is 19.8. The van der Waals surface area contributed by atoms with Gasteiger partial charge in [-0.25, -0.2) is 0 Å². The molecule has 32 heavy (non-hydrogen) atoms. The van der Waals surface area contributed by atoms with Crippen molar-refractivity contribution in [3.63, 3.8) is 0 Å². The number of rotatable bonds is 11. The van der Waals surface area contributed by atoms with E-state index in [0.29, 0.717) is 17.8 Å². The molecule has 2 aliphatic heterocycles. The van der Waals surface area contributed by atoms with Gasteiger partial charge in [-0.2, -0.15) is 0 Å². The average Bonchev–Trinajstić information content (AvgIpc) is 3.31. The van der Waals surface area contributed by atoms with E-state index >= 15 is 0 Å². The van der Waals surface area contributed by atoms with Gasteiger partial charge >= 0.3 is 0 Å². The summed E-state index contributed by atoms with van der Waals surface area (Å²) in [5, 5.41) is 0. The van der Waals surface area contributed by atoms with Crippen molar-refractivity contribution in [3.05, 3.63) is 12.2 Å². The van der Waals surface area contributed by atoms with Crippen molar-refractivity contribution in [3.8, 4) is 0 Å². The lowest BCUT2D eigenvalue weighted by Crippen LogP contribution is -2.63. The maximum atomic E-state index is 7.42. The molecule has 0 amide bonds. The van der Waals surface area contributed by atoms with Gasteiger partial charge in [0.15, 0.2) is 16.6 Å². The van der Waals surface area contributed by atoms with Crippen molar-refractivity contribution in [1.82, 2.24) is 0 Å². The fourth-order valence-electron chi connectivity index (χ4n) is 7.59. The molecule has 7 atom stereocenters. The van der Waals surface area contributed by atoms with Gasteiger partial charge in [-0.3, -0.25) is 0 Å². The predicted molar refractivity (Wildman–Crippen MR) is 141 cm³/mol. The molecule has 2 saturated heterocycles. The second-order valence-corrected chi connectivity index (χ2v) is 21.0. The topological polar surface area (TPSA) is 27.7 Å². The standard InChI is InChI=1S/C27H52O3Si2/c1-11-31(12-2,13-3)28-23-19-27(20(7)8)25(29-32(14-4,15-5)16-6)24-21(9)17-18-22(24)26(23,10)30-27/h21-25H,7,11-19H2,1-6,8-10H3/t21-,22-,23-,24-,25-,26-,27+/m1/s1. The molecular weight excluding hydrogens is 428 g/mol. The summed E-state index contributed by atoms with van der Waals surface area (Å²) in [6.07, 6.45) is 3.75. The first kappa shape index (κ1) is 26.7. The minimum atomic E-state index is -1.79. The zero-order chi connectivity index (χ0) is 23.9. The Hall–Kier alpha value is 0.0538. The molecule has 3 fully saturated rings. The summed E-state index contributed by atoms with van der Waals surface area (Å²) >= 11 is 0. The Morgan fingerprint density at radius 1 is 0.906 bits per heavy atom. The smallest absolute Gasteiger partial charge is 0.192 e. The average molecular weight is 481 g/mol. The van der Waals surface area contributed by atoms with Gasteiger partial charge in [-0.05, 0) is 86.3 Å². The molecule has 3 rings (SSSR count). The maximum absolute atomic E-state index is 7.42. The summed E-state index contributed by atoms with van der Waals surface area (Å²) in [5.41, 5.74) is 0.535. The van der Waals surface area contributed by atoms with Crippen LogP contribution in [0.5, 0.6) is 0 Å². The van der Waals surface area contributed by atoms with E-state index in [1.54, 1.807) is 0 Å². The Morgan fingerprint density at radius 2 is 1.41 bits per heavy atom. The van der Waals surface area contributed by atoms with Gasteiger partial charge in [0.1, 0.15) is 5.60 Å². The number of fused-ring (bicyclic) bond motifs is 4. The first-order valence-electron chi connectivity index (χ1n) is 13.8. The van der Waals surface area contributed by atoms with Crippen molar-refractivity contribution in [2.45, 2.75) is 141 Å². The number of hydrogen-bond acceptors (Lipinski definition) is 3. The molecule has 2 bridgehead atoms. The molecule has 186 valence electrons. The van der Waals surface area contributed by atoms with Gasteiger partial charge in [0, 0.05) is 6.42 Å². The van der Waals surface area contributed by atoms with E-state index in [0.717, 1.165) is 12.0 Å². The van der Waals surface area contributed by atoms with Crippen LogP contribution < -0.4 is 0 Å². The summed E-state index contributed by atoms with van der Waals surface area (Å²) in [6.45, 7) is 25.6. The summed E-state index contributed by atoms with van der Waals surface area (Å²) in [5.74, 6) is 1.75. The Balaban J connectivity index is 2.09. The van der Waals surface area contributed by atoms with Gasteiger partial charge in [0.05, 0.1) is 17.8 Å². The molecule has 1 saturated carbocycles. The van der Waals surface area contributed by atoms with E-state index in [1.807, 2.05) is 0 Å². The molecule has 2 heterocycles. The highest BCUT2D eigenvalue weighted by atomic mass is 28.4. The van der Waals surface area contributed by atoms with Crippen LogP contribution in [-0.4, -0.2) is 40.0 Å². The molecule has 0 aromatic rings. The monoisotopic (exact) mass is 480 g/mol. The van der Waals surface area contributed by atoms with Crippen molar-refractivity contribution in [1.29, 1.82) is 0 Å². The molecule has 3 nitrogen and oxygen atoms in total. The molecule has 3 aliphatic rings. The van der Waals surface area contributed by atoms with Crippen LogP contribution in [0.2, 0.25) is 36.3 Å². The molecule has 0 unspecified atom stereocenters. The molecule has 0 spiro atoms. The second kappa shape index (κ2) is 9.60. The van der Waals surface area contributed by atoms with E-state index in [4.69, 9.17) is 13.6 Å². The Labute approximate surface area is 201 Å². The molecule has 0 aromatic carbocycles. The highest BCUT2D eigenvalue weighted by molar-refractivity contribution is 6.74. The minimum Gasteiger partial charge on any atom is -0.411 e. The zero-order valence-electron chi connectivity index (χ0n) is 22.7. The summed E-state index contributed by atoms with van der Waals surface area (Å²) in [4.78, 5) is 0. The van der Waals surface area contributed by atoms with Crippen molar-refractivity contribution >= 4 is 16.6 Å². The lowest BCUT2D eigenvalue weighted by molar-refractivity contribution is -0.225. The van der Waals surface area contributed by atoms with Gasteiger partial charge in [0.2, 0.25) is 0 Å². The molecular formula is C27H52O3Si2. The highest BCUT2D eigenvalue weighted by Gasteiger charge is 2.71. The highest BCUT2D eigenvalue weighted by Crippen LogP contribution is 2.64. The van der Waals surface area contributed by atoms with Crippen LogP contribution in [-0.2, 0) is 13.6 Å². The van der Waals surface area contributed by atoms with Gasteiger partial charge in [0.25, 0.3) is 0 Å². The molecule has 1 aliphatic carbocycles. The number of ether oxygens (including phenoxy) is 1. The Morgan fingerprint density at radius 3 is 1.88 bits per heavy atom. The summed E-state index contributed by atoms with van der Waals surface area (Å²) < 4.78 is 22.0. The lowest BCUT2D eigenvalue weighted by Gasteiger charge is -2.55. The third-order valence-electron chi connectivity index (χ3n) is 10.5. The van der Waals surface area contributed by atoms with Crippen molar-refractivity contribution < 1.29 is 13.6 Å². The van der Waals surface area contributed by atoms with E-state index in [2.05, 4.69) is 68.9 Å². The van der Waals surface area contributed by atoms with Crippen LogP contribution in [0.15, 0.2) is 12.2 Å². The van der Waals surface area contributed by atoms with E-state index in [9.17, 15) is 0 Å². The summed E-state index contributed by atoms with van der Waals surface area (Å²) in [6, 6.07) is 7.12. The first-order valence-corrected chi connectivity index (χ1v) is 18.8. The predicted octanol–water partition coefficient (Wildman–Crippen LogP) is 7.94.